The van der Waals surface area contributed by atoms with E-state index >= 15 is 0 Å². The summed E-state index contributed by atoms with van der Waals surface area (Å²) in [6, 6.07) is 14.8. The first-order valence-corrected chi connectivity index (χ1v) is 6.29. The van der Waals surface area contributed by atoms with Crippen molar-refractivity contribution in [2.75, 3.05) is 6.54 Å². The van der Waals surface area contributed by atoms with Crippen LogP contribution in [-0.4, -0.2) is 6.54 Å². The van der Waals surface area contributed by atoms with Gasteiger partial charge >= 0.3 is 0 Å². The number of hydrogen-bond acceptors (Lipinski definition) is 3. The smallest absolute Gasteiger partial charge is 0.0447 e. The van der Waals surface area contributed by atoms with Gasteiger partial charge in [0.1, 0.15) is 0 Å². The highest BCUT2D eigenvalue weighted by molar-refractivity contribution is 7.09. The first kappa shape index (κ1) is 11.3. The van der Waals surface area contributed by atoms with E-state index in [-0.39, 0.29) is 6.04 Å². The fourth-order valence-electron chi connectivity index (χ4n) is 1.66. The highest BCUT2D eigenvalue weighted by Gasteiger charge is 2.07. The molecule has 1 atom stereocenters. The van der Waals surface area contributed by atoms with Gasteiger partial charge < -0.3 is 11.1 Å². The molecule has 1 aromatic heterocycles. The predicted molar refractivity (Wildman–Crippen MR) is 69.4 cm³/mol. The van der Waals surface area contributed by atoms with Crippen LogP contribution in [0.1, 0.15) is 16.5 Å². The lowest BCUT2D eigenvalue weighted by molar-refractivity contribution is 0.545. The van der Waals surface area contributed by atoms with E-state index in [9.17, 15) is 0 Å². The number of hydrogen-bond donors (Lipinski definition) is 2. The summed E-state index contributed by atoms with van der Waals surface area (Å²) in [5.41, 5.74) is 7.04. The molecular weight excluding hydrogens is 216 g/mol. The molecule has 0 saturated carbocycles. The lowest BCUT2D eigenvalue weighted by atomic mass is 10.1. The Morgan fingerprint density at radius 3 is 2.56 bits per heavy atom. The maximum absolute atomic E-state index is 5.79. The molecule has 1 heterocycles. The van der Waals surface area contributed by atoms with E-state index in [1.165, 1.54) is 10.4 Å². The van der Waals surface area contributed by atoms with Crippen LogP contribution in [0.3, 0.4) is 0 Å². The summed E-state index contributed by atoms with van der Waals surface area (Å²) in [5, 5.41) is 5.57. The zero-order chi connectivity index (χ0) is 11.2. The molecule has 0 saturated heterocycles. The highest BCUT2D eigenvalue weighted by Crippen LogP contribution is 2.14. The third-order valence-electron chi connectivity index (χ3n) is 2.54. The third-order valence-corrected chi connectivity index (χ3v) is 3.42. The maximum atomic E-state index is 5.79. The predicted octanol–water partition coefficient (Wildman–Crippen LogP) is 2.54. The van der Waals surface area contributed by atoms with Crippen molar-refractivity contribution >= 4 is 11.3 Å². The van der Waals surface area contributed by atoms with Gasteiger partial charge in [0.2, 0.25) is 0 Å². The Kier molecular flexibility index (Phi) is 4.10. The van der Waals surface area contributed by atoms with Crippen LogP contribution in [0.5, 0.6) is 0 Å². The van der Waals surface area contributed by atoms with Crippen LogP contribution in [-0.2, 0) is 6.54 Å². The van der Waals surface area contributed by atoms with E-state index in [0.717, 1.165) is 6.54 Å². The minimum atomic E-state index is 0.239. The van der Waals surface area contributed by atoms with Crippen molar-refractivity contribution in [2.45, 2.75) is 12.6 Å². The monoisotopic (exact) mass is 232 g/mol. The van der Waals surface area contributed by atoms with Crippen LogP contribution in [0.4, 0.5) is 0 Å². The van der Waals surface area contributed by atoms with E-state index in [4.69, 9.17) is 5.73 Å². The summed E-state index contributed by atoms with van der Waals surface area (Å²) < 4.78 is 0. The van der Waals surface area contributed by atoms with Crippen LogP contribution in [0.15, 0.2) is 47.8 Å². The summed E-state index contributed by atoms with van der Waals surface area (Å²) in [7, 11) is 0. The molecule has 1 unspecified atom stereocenters. The topological polar surface area (TPSA) is 38.0 Å². The third kappa shape index (κ3) is 2.92. The Hall–Kier alpha value is -1.16. The van der Waals surface area contributed by atoms with Crippen LogP contribution >= 0.6 is 11.3 Å². The number of benzene rings is 1. The fourth-order valence-corrected chi connectivity index (χ4v) is 2.32. The van der Waals surface area contributed by atoms with Crippen molar-refractivity contribution in [3.8, 4) is 0 Å². The van der Waals surface area contributed by atoms with Crippen molar-refractivity contribution in [1.82, 2.24) is 5.32 Å². The average Bonchev–Trinajstić information content (AvgIpc) is 2.84. The molecule has 84 valence electrons. The molecule has 0 radical (unpaired) electrons. The van der Waals surface area contributed by atoms with Crippen LogP contribution in [0.2, 0.25) is 0 Å². The molecule has 0 aliphatic carbocycles. The van der Waals surface area contributed by atoms with Gasteiger partial charge in [-0.1, -0.05) is 36.4 Å². The van der Waals surface area contributed by atoms with Gasteiger partial charge in [-0.25, -0.2) is 0 Å². The molecule has 0 amide bonds. The summed E-state index contributed by atoms with van der Waals surface area (Å²) in [5.74, 6) is 0. The Morgan fingerprint density at radius 2 is 1.94 bits per heavy atom. The molecule has 0 aliphatic rings. The van der Waals surface area contributed by atoms with Crippen LogP contribution < -0.4 is 11.1 Å². The van der Waals surface area contributed by atoms with E-state index in [1.807, 2.05) is 18.2 Å². The Morgan fingerprint density at radius 1 is 1.12 bits per heavy atom. The molecule has 3 N–H and O–H groups in total. The summed E-state index contributed by atoms with van der Waals surface area (Å²) in [6.45, 7) is 1.50. The van der Waals surface area contributed by atoms with Gasteiger partial charge in [0, 0.05) is 24.0 Å². The van der Waals surface area contributed by atoms with E-state index < -0.39 is 0 Å². The fraction of sp³-hybridized carbons (Fsp3) is 0.231. The largest absolute Gasteiger partial charge is 0.329 e. The SMILES string of the molecule is NCC(NCc1cccs1)c1ccccc1. The lowest BCUT2D eigenvalue weighted by Gasteiger charge is -2.16. The summed E-state index contributed by atoms with van der Waals surface area (Å²) in [4.78, 5) is 1.34. The van der Waals surface area contributed by atoms with Crippen molar-refractivity contribution in [2.24, 2.45) is 5.73 Å². The molecular formula is C13H16N2S. The number of nitrogens with one attached hydrogen (secondary N) is 1. The zero-order valence-corrected chi connectivity index (χ0v) is 9.91. The number of thiophene rings is 1. The summed E-state index contributed by atoms with van der Waals surface area (Å²) in [6.07, 6.45) is 0. The number of rotatable bonds is 5. The van der Waals surface area contributed by atoms with Gasteiger partial charge in [-0.15, -0.1) is 11.3 Å². The Balaban J connectivity index is 1.96. The molecule has 1 aromatic carbocycles. The first-order chi connectivity index (χ1) is 7.90. The zero-order valence-electron chi connectivity index (χ0n) is 9.10. The van der Waals surface area contributed by atoms with Gasteiger partial charge in [0.15, 0.2) is 0 Å². The van der Waals surface area contributed by atoms with Crippen molar-refractivity contribution in [3.63, 3.8) is 0 Å². The standard InChI is InChI=1S/C13H16N2S/c14-9-13(11-5-2-1-3-6-11)15-10-12-7-4-8-16-12/h1-8,13,15H,9-10,14H2. The molecule has 2 rings (SSSR count). The quantitative estimate of drug-likeness (QED) is 0.831. The van der Waals surface area contributed by atoms with Crippen molar-refractivity contribution in [3.05, 3.63) is 58.3 Å². The Labute approximate surface area is 100 Å². The van der Waals surface area contributed by atoms with Gasteiger partial charge in [-0.3, -0.25) is 0 Å². The van der Waals surface area contributed by atoms with Gasteiger partial charge in [0.05, 0.1) is 0 Å². The summed E-state index contributed by atoms with van der Waals surface area (Å²) >= 11 is 1.77. The van der Waals surface area contributed by atoms with E-state index in [0.29, 0.717) is 6.54 Å². The van der Waals surface area contributed by atoms with Crippen LogP contribution in [0.25, 0.3) is 0 Å². The lowest BCUT2D eigenvalue weighted by Crippen LogP contribution is -2.27. The van der Waals surface area contributed by atoms with Gasteiger partial charge in [-0.2, -0.15) is 0 Å². The Bertz CT molecular complexity index is 397. The van der Waals surface area contributed by atoms with Crippen LogP contribution in [0, 0.1) is 0 Å². The highest BCUT2D eigenvalue weighted by atomic mass is 32.1. The molecule has 3 heteroatoms. The molecule has 0 aliphatic heterocycles. The molecule has 0 fully saturated rings. The molecule has 16 heavy (non-hydrogen) atoms. The average molecular weight is 232 g/mol. The normalized spacial score (nSPS) is 12.6. The molecule has 2 aromatic rings. The second-order valence-corrected chi connectivity index (χ2v) is 4.69. The minimum absolute atomic E-state index is 0.239. The van der Waals surface area contributed by atoms with Gasteiger partial charge in [-0.05, 0) is 17.0 Å². The second kappa shape index (κ2) is 5.80. The van der Waals surface area contributed by atoms with E-state index in [2.05, 4.69) is 35.0 Å². The molecule has 0 bridgehead atoms. The maximum Gasteiger partial charge on any atom is 0.0447 e. The molecule has 0 spiro atoms. The first-order valence-electron chi connectivity index (χ1n) is 5.41. The minimum Gasteiger partial charge on any atom is -0.329 e. The van der Waals surface area contributed by atoms with Gasteiger partial charge in [0.25, 0.3) is 0 Å². The molecule has 2 nitrogen and oxygen atoms in total. The second-order valence-electron chi connectivity index (χ2n) is 3.66. The number of nitrogens with two attached hydrogens (primary N) is 1. The van der Waals surface area contributed by atoms with Crippen molar-refractivity contribution < 1.29 is 0 Å². The van der Waals surface area contributed by atoms with E-state index in [1.54, 1.807) is 11.3 Å². The van der Waals surface area contributed by atoms with Crippen molar-refractivity contribution in [1.29, 1.82) is 0 Å².